The van der Waals surface area contributed by atoms with E-state index in [-0.39, 0.29) is 11.6 Å². The number of carbonyl (C=O) groups excluding carboxylic acids is 2. The topological polar surface area (TPSA) is 131 Å². The van der Waals surface area contributed by atoms with E-state index in [1.54, 1.807) is 41.0 Å². The van der Waals surface area contributed by atoms with Crippen LogP contribution in [-0.4, -0.2) is 38.4 Å². The number of nitrogens with zero attached hydrogens (tertiary/aromatic N) is 2. The van der Waals surface area contributed by atoms with Gasteiger partial charge in [-0.3, -0.25) is 10.1 Å². The summed E-state index contributed by atoms with van der Waals surface area (Å²) in [5, 5.41) is 21.1. The van der Waals surface area contributed by atoms with Gasteiger partial charge in [-0.25, -0.2) is 9.31 Å². The summed E-state index contributed by atoms with van der Waals surface area (Å²) in [6.07, 6.45) is 3.72. The summed E-state index contributed by atoms with van der Waals surface area (Å²) in [4.78, 5) is 24.4. The summed E-state index contributed by atoms with van der Waals surface area (Å²) in [5.74, 6) is -0.204. The minimum Gasteiger partial charge on any atom is -0.410 e. The Morgan fingerprint density at radius 2 is 1.97 bits per heavy atom. The zero-order chi connectivity index (χ0) is 23.1. The van der Waals surface area contributed by atoms with Gasteiger partial charge in [0.05, 0.1) is 40.4 Å². The minimum atomic E-state index is -0.850. The zero-order valence-electron chi connectivity index (χ0n) is 18.3. The fourth-order valence-electron chi connectivity index (χ4n) is 4.11. The molecule has 0 aliphatic heterocycles. The third-order valence-corrected chi connectivity index (χ3v) is 6.60. The highest BCUT2D eigenvalue weighted by molar-refractivity contribution is 6.02. The van der Waals surface area contributed by atoms with E-state index in [1.807, 2.05) is 26.8 Å². The lowest BCUT2D eigenvalue weighted by Gasteiger charge is -2.38. The molecule has 1 aromatic carbocycles. The molecule has 9 heteroatoms. The number of nitrogens with two attached hydrogens (primary N) is 1. The number of aromatic nitrogens is 2. The van der Waals surface area contributed by atoms with Crippen molar-refractivity contribution in [2.45, 2.75) is 45.3 Å². The number of ether oxygens (including phenoxy) is 1. The van der Waals surface area contributed by atoms with Crippen LogP contribution in [0.25, 0.3) is 5.52 Å². The van der Waals surface area contributed by atoms with E-state index in [0.29, 0.717) is 29.1 Å². The predicted octanol–water partition coefficient (Wildman–Crippen LogP) is 3.40. The summed E-state index contributed by atoms with van der Waals surface area (Å²) < 4.78 is 6.82. The Balaban J connectivity index is 1.64. The molecule has 0 radical (unpaired) electrons. The van der Waals surface area contributed by atoms with E-state index in [1.165, 1.54) is 6.20 Å². The molecular formula is C23H27N5O4. The maximum atomic E-state index is 12.3. The number of hydrogen-bond donors (Lipinski definition) is 4. The number of benzene rings is 1. The number of para-hydroxylation sites is 1. The van der Waals surface area contributed by atoms with Crippen molar-refractivity contribution in [3.05, 3.63) is 54.4 Å². The maximum Gasteiger partial charge on any atom is 0.417 e. The molecule has 1 aliphatic carbocycles. The molecule has 5 N–H and O–H groups in total. The normalized spacial score (nSPS) is 21.9. The quantitative estimate of drug-likeness (QED) is 0.484. The van der Waals surface area contributed by atoms with Crippen molar-refractivity contribution in [1.82, 2.24) is 9.61 Å². The van der Waals surface area contributed by atoms with Crippen LogP contribution >= 0.6 is 0 Å². The lowest BCUT2D eigenvalue weighted by Crippen LogP contribution is -2.45. The molecule has 168 valence electrons. The highest BCUT2D eigenvalue weighted by Crippen LogP contribution is 2.47. The standard InChI is InChI=1S/C23H27N5O4/c1-22(2)18(9-10-23(22,3)31)27-19-16(20(24)29)12-25-28-13-14(11-17(19)28)26-21(30)32-15-7-5-4-6-8-15/h4-8,11-13,18,27,31H,9-10H2,1-3H3,(H2,24,29)(H,26,30)/t18-,23-/m1/s1. The summed E-state index contributed by atoms with van der Waals surface area (Å²) in [5.41, 5.74) is 6.06. The molecule has 1 saturated carbocycles. The van der Waals surface area contributed by atoms with Gasteiger partial charge in [-0.1, -0.05) is 32.0 Å². The van der Waals surface area contributed by atoms with E-state index < -0.39 is 23.0 Å². The average Bonchev–Trinajstić information content (AvgIpc) is 3.21. The Bertz CT molecular complexity index is 1170. The number of carbonyl (C=O) groups is 2. The number of amides is 2. The highest BCUT2D eigenvalue weighted by atomic mass is 16.6. The van der Waals surface area contributed by atoms with Crippen molar-refractivity contribution in [3.8, 4) is 5.75 Å². The molecule has 32 heavy (non-hydrogen) atoms. The first kappa shape index (κ1) is 21.6. The van der Waals surface area contributed by atoms with Gasteiger partial charge in [0, 0.05) is 11.5 Å². The fraction of sp³-hybridized carbons (Fsp3) is 0.348. The Hall–Kier alpha value is -3.59. The minimum absolute atomic E-state index is 0.101. The average molecular weight is 438 g/mol. The Labute approximate surface area is 185 Å². The van der Waals surface area contributed by atoms with Crippen molar-refractivity contribution in [3.63, 3.8) is 0 Å². The van der Waals surface area contributed by atoms with Gasteiger partial charge >= 0.3 is 6.09 Å². The number of rotatable bonds is 5. The van der Waals surface area contributed by atoms with Crippen LogP contribution in [0.2, 0.25) is 0 Å². The monoisotopic (exact) mass is 437 g/mol. The van der Waals surface area contributed by atoms with Gasteiger partial charge in [0.2, 0.25) is 0 Å². The molecule has 3 aromatic rings. The second kappa shape index (κ2) is 7.83. The number of aliphatic hydroxyl groups is 1. The molecule has 0 unspecified atom stereocenters. The smallest absolute Gasteiger partial charge is 0.410 e. The first-order valence-electron chi connectivity index (χ1n) is 10.4. The summed E-state index contributed by atoms with van der Waals surface area (Å²) in [6, 6.07) is 10.3. The molecular weight excluding hydrogens is 410 g/mol. The molecule has 1 fully saturated rings. The molecule has 2 amide bonds. The van der Waals surface area contributed by atoms with Gasteiger partial charge in [-0.15, -0.1) is 0 Å². The summed E-state index contributed by atoms with van der Waals surface area (Å²) >= 11 is 0. The predicted molar refractivity (Wildman–Crippen MR) is 121 cm³/mol. The Kier molecular flexibility index (Phi) is 5.29. The largest absolute Gasteiger partial charge is 0.417 e. The van der Waals surface area contributed by atoms with Crippen LogP contribution in [0, 0.1) is 5.41 Å². The number of fused-ring (bicyclic) bond motifs is 1. The molecule has 2 aromatic heterocycles. The first-order chi connectivity index (χ1) is 15.1. The molecule has 0 spiro atoms. The number of anilines is 2. The molecule has 9 nitrogen and oxygen atoms in total. The van der Waals surface area contributed by atoms with Crippen molar-refractivity contribution < 1.29 is 19.4 Å². The SMILES string of the molecule is CC1(C)[C@H](Nc2c(C(N)=O)cnn3cc(NC(=O)Oc4ccccc4)cc23)CC[C@@]1(C)O. The third kappa shape index (κ3) is 3.87. The van der Waals surface area contributed by atoms with E-state index in [4.69, 9.17) is 10.5 Å². The molecule has 2 heterocycles. The van der Waals surface area contributed by atoms with Gasteiger partial charge in [0.1, 0.15) is 5.75 Å². The van der Waals surface area contributed by atoms with Crippen LogP contribution in [0.5, 0.6) is 5.75 Å². The van der Waals surface area contributed by atoms with Gasteiger partial charge < -0.3 is 20.9 Å². The van der Waals surface area contributed by atoms with Gasteiger partial charge in [0.15, 0.2) is 0 Å². The van der Waals surface area contributed by atoms with Crippen LogP contribution in [0.1, 0.15) is 44.0 Å². The van der Waals surface area contributed by atoms with Crippen LogP contribution in [-0.2, 0) is 0 Å². The van der Waals surface area contributed by atoms with Gasteiger partial charge in [0.25, 0.3) is 5.91 Å². The second-order valence-electron chi connectivity index (χ2n) is 8.91. The third-order valence-electron chi connectivity index (χ3n) is 6.60. The lowest BCUT2D eigenvalue weighted by atomic mass is 9.76. The Morgan fingerprint density at radius 1 is 1.25 bits per heavy atom. The lowest BCUT2D eigenvalue weighted by molar-refractivity contribution is -0.0283. The van der Waals surface area contributed by atoms with Crippen molar-refractivity contribution in [2.24, 2.45) is 11.1 Å². The van der Waals surface area contributed by atoms with Gasteiger partial charge in [-0.2, -0.15) is 5.10 Å². The molecule has 0 saturated heterocycles. The highest BCUT2D eigenvalue weighted by Gasteiger charge is 2.50. The summed E-state index contributed by atoms with van der Waals surface area (Å²) in [6.45, 7) is 5.80. The van der Waals surface area contributed by atoms with E-state index >= 15 is 0 Å². The fourth-order valence-corrected chi connectivity index (χ4v) is 4.11. The Morgan fingerprint density at radius 3 is 2.59 bits per heavy atom. The molecule has 0 bridgehead atoms. The van der Waals surface area contributed by atoms with Crippen molar-refractivity contribution in [1.29, 1.82) is 0 Å². The number of nitrogens with one attached hydrogen (secondary N) is 2. The molecule has 1 aliphatic rings. The zero-order valence-corrected chi connectivity index (χ0v) is 18.3. The van der Waals surface area contributed by atoms with Crippen LogP contribution in [0.15, 0.2) is 48.8 Å². The number of primary amides is 1. The van der Waals surface area contributed by atoms with Crippen LogP contribution in [0.3, 0.4) is 0 Å². The first-order valence-corrected chi connectivity index (χ1v) is 10.4. The van der Waals surface area contributed by atoms with Crippen molar-refractivity contribution in [2.75, 3.05) is 10.6 Å². The molecule has 2 atom stereocenters. The van der Waals surface area contributed by atoms with Gasteiger partial charge in [-0.05, 0) is 38.0 Å². The van der Waals surface area contributed by atoms with E-state index in [9.17, 15) is 14.7 Å². The molecule has 4 rings (SSSR count). The second-order valence-corrected chi connectivity index (χ2v) is 8.91. The van der Waals surface area contributed by atoms with Crippen molar-refractivity contribution >= 4 is 28.9 Å². The van der Waals surface area contributed by atoms with E-state index in [2.05, 4.69) is 15.7 Å². The van der Waals surface area contributed by atoms with E-state index in [0.717, 1.165) is 6.42 Å². The van der Waals surface area contributed by atoms with Crippen LogP contribution < -0.4 is 21.1 Å². The maximum absolute atomic E-state index is 12.3. The van der Waals surface area contributed by atoms with Crippen LogP contribution in [0.4, 0.5) is 16.2 Å². The summed E-state index contributed by atoms with van der Waals surface area (Å²) in [7, 11) is 0. The number of hydrogen-bond acceptors (Lipinski definition) is 6.